The highest BCUT2D eigenvalue weighted by molar-refractivity contribution is 6.31. The predicted molar refractivity (Wildman–Crippen MR) is 119 cm³/mol. The molecule has 166 valence electrons. The zero-order valence-electron chi connectivity index (χ0n) is 17.3. The second-order valence-electron chi connectivity index (χ2n) is 7.90. The van der Waals surface area contributed by atoms with Gasteiger partial charge in [0.05, 0.1) is 0 Å². The SMILES string of the molecule is O=C(c1cccc(Cl)c1)N(c1ccc(F)cc1)C1CCN(Cc2ccc(F)cc2F)CC1. The summed E-state index contributed by atoms with van der Waals surface area (Å²) in [5.74, 6) is -1.74. The fourth-order valence-corrected chi connectivity index (χ4v) is 4.27. The van der Waals surface area contributed by atoms with Gasteiger partial charge in [-0.2, -0.15) is 0 Å². The highest BCUT2D eigenvalue weighted by atomic mass is 35.5. The van der Waals surface area contributed by atoms with Crippen molar-refractivity contribution in [1.29, 1.82) is 0 Å². The first-order chi connectivity index (χ1) is 15.4. The number of anilines is 1. The molecule has 0 N–H and O–H groups in total. The van der Waals surface area contributed by atoms with E-state index < -0.39 is 11.6 Å². The number of rotatable bonds is 5. The van der Waals surface area contributed by atoms with E-state index in [9.17, 15) is 18.0 Å². The fraction of sp³-hybridized carbons (Fsp3) is 0.240. The van der Waals surface area contributed by atoms with Crippen LogP contribution in [0.1, 0.15) is 28.8 Å². The Morgan fingerprint density at radius 1 is 0.938 bits per heavy atom. The molecule has 1 fully saturated rings. The van der Waals surface area contributed by atoms with E-state index >= 15 is 0 Å². The molecule has 7 heteroatoms. The maximum Gasteiger partial charge on any atom is 0.258 e. The van der Waals surface area contributed by atoms with E-state index in [1.165, 1.54) is 24.3 Å². The van der Waals surface area contributed by atoms with Crippen LogP contribution in [-0.4, -0.2) is 29.9 Å². The predicted octanol–water partition coefficient (Wildman–Crippen LogP) is 6.07. The summed E-state index contributed by atoms with van der Waals surface area (Å²) in [5, 5.41) is 0.464. The molecular formula is C25H22ClF3N2O. The van der Waals surface area contributed by atoms with Gasteiger partial charge in [-0.3, -0.25) is 9.69 Å². The second-order valence-corrected chi connectivity index (χ2v) is 8.34. The molecule has 32 heavy (non-hydrogen) atoms. The fourth-order valence-electron chi connectivity index (χ4n) is 4.08. The lowest BCUT2D eigenvalue weighted by Gasteiger charge is -2.38. The van der Waals surface area contributed by atoms with Crippen LogP contribution in [0.3, 0.4) is 0 Å². The molecule has 1 aliphatic rings. The average molecular weight is 459 g/mol. The molecule has 4 rings (SSSR count). The molecule has 0 spiro atoms. The smallest absolute Gasteiger partial charge is 0.258 e. The van der Waals surface area contributed by atoms with E-state index in [0.29, 0.717) is 54.3 Å². The van der Waals surface area contributed by atoms with Crippen LogP contribution in [0.4, 0.5) is 18.9 Å². The maximum absolute atomic E-state index is 14.0. The van der Waals surface area contributed by atoms with Crippen LogP contribution < -0.4 is 4.90 Å². The molecule has 0 aliphatic carbocycles. The molecule has 3 aromatic rings. The minimum atomic E-state index is -0.598. The summed E-state index contributed by atoms with van der Waals surface area (Å²) in [7, 11) is 0. The van der Waals surface area contributed by atoms with E-state index in [2.05, 4.69) is 4.90 Å². The van der Waals surface area contributed by atoms with Gasteiger partial charge in [-0.15, -0.1) is 0 Å². The molecule has 0 unspecified atom stereocenters. The Kier molecular flexibility index (Phi) is 6.82. The molecule has 0 bridgehead atoms. The Morgan fingerprint density at radius 2 is 1.62 bits per heavy atom. The summed E-state index contributed by atoms with van der Waals surface area (Å²) in [6, 6.07) is 16.1. The number of likely N-dealkylation sites (tertiary alicyclic amines) is 1. The summed E-state index contributed by atoms with van der Waals surface area (Å²) < 4.78 is 40.7. The van der Waals surface area contributed by atoms with Crippen LogP contribution in [-0.2, 0) is 6.54 Å². The molecule has 0 radical (unpaired) electrons. The lowest BCUT2D eigenvalue weighted by Crippen LogP contribution is -2.47. The highest BCUT2D eigenvalue weighted by Crippen LogP contribution is 2.28. The Bertz CT molecular complexity index is 1100. The minimum Gasteiger partial charge on any atom is -0.305 e. The second kappa shape index (κ2) is 9.76. The molecule has 1 aliphatic heterocycles. The first kappa shape index (κ1) is 22.4. The van der Waals surface area contributed by atoms with Gasteiger partial charge < -0.3 is 4.90 Å². The number of hydrogen-bond donors (Lipinski definition) is 0. The first-order valence-corrected chi connectivity index (χ1v) is 10.8. The van der Waals surface area contributed by atoms with Crippen molar-refractivity contribution in [3.05, 3.63) is 100 Å². The Labute approximate surface area is 190 Å². The maximum atomic E-state index is 14.0. The van der Waals surface area contributed by atoms with Gasteiger partial charge in [0.25, 0.3) is 5.91 Å². The Hall–Kier alpha value is -2.83. The molecular weight excluding hydrogens is 437 g/mol. The van der Waals surface area contributed by atoms with Gasteiger partial charge in [-0.25, -0.2) is 13.2 Å². The van der Waals surface area contributed by atoms with E-state index in [-0.39, 0.29) is 17.8 Å². The molecule has 1 amide bonds. The minimum absolute atomic E-state index is 0.110. The molecule has 3 aromatic carbocycles. The number of halogens is 4. The van der Waals surface area contributed by atoms with Gasteiger partial charge in [-0.1, -0.05) is 23.7 Å². The monoisotopic (exact) mass is 458 g/mol. The van der Waals surface area contributed by atoms with Crippen LogP contribution in [0.15, 0.2) is 66.7 Å². The number of carbonyl (C=O) groups is 1. The highest BCUT2D eigenvalue weighted by Gasteiger charge is 2.30. The van der Waals surface area contributed by atoms with E-state index in [0.717, 1.165) is 6.07 Å². The van der Waals surface area contributed by atoms with Crippen LogP contribution in [0.5, 0.6) is 0 Å². The summed E-state index contributed by atoms with van der Waals surface area (Å²) in [5.41, 5.74) is 1.51. The molecule has 0 saturated carbocycles. The van der Waals surface area contributed by atoms with Gasteiger partial charge in [-0.05, 0) is 61.4 Å². The molecule has 1 heterocycles. The summed E-state index contributed by atoms with van der Waals surface area (Å²) in [4.78, 5) is 17.2. The summed E-state index contributed by atoms with van der Waals surface area (Å²) in [6.45, 7) is 1.65. The molecule has 1 saturated heterocycles. The third-order valence-corrected chi connectivity index (χ3v) is 5.96. The number of benzene rings is 3. The van der Waals surface area contributed by atoms with Gasteiger partial charge >= 0.3 is 0 Å². The van der Waals surface area contributed by atoms with Crippen molar-refractivity contribution >= 4 is 23.2 Å². The largest absolute Gasteiger partial charge is 0.305 e. The van der Waals surface area contributed by atoms with Crippen molar-refractivity contribution in [1.82, 2.24) is 4.90 Å². The van der Waals surface area contributed by atoms with Crippen molar-refractivity contribution in [2.45, 2.75) is 25.4 Å². The lowest BCUT2D eigenvalue weighted by molar-refractivity contribution is 0.0958. The average Bonchev–Trinajstić information content (AvgIpc) is 2.78. The number of carbonyl (C=O) groups excluding carboxylic acids is 1. The van der Waals surface area contributed by atoms with Crippen LogP contribution in [0.25, 0.3) is 0 Å². The quantitative estimate of drug-likeness (QED) is 0.463. The van der Waals surface area contributed by atoms with Crippen molar-refractivity contribution in [2.24, 2.45) is 0 Å². The lowest BCUT2D eigenvalue weighted by atomic mass is 10.00. The Morgan fingerprint density at radius 3 is 2.28 bits per heavy atom. The van der Waals surface area contributed by atoms with Crippen LogP contribution >= 0.6 is 11.6 Å². The third kappa shape index (κ3) is 5.14. The van der Waals surface area contributed by atoms with Gasteiger partial charge in [0.2, 0.25) is 0 Å². The number of nitrogens with zero attached hydrogens (tertiary/aromatic N) is 2. The van der Waals surface area contributed by atoms with Crippen LogP contribution in [0, 0.1) is 17.5 Å². The number of hydrogen-bond acceptors (Lipinski definition) is 2. The molecule has 0 atom stereocenters. The van der Waals surface area contributed by atoms with Crippen molar-refractivity contribution in [3.63, 3.8) is 0 Å². The van der Waals surface area contributed by atoms with Gasteiger partial charge in [0.15, 0.2) is 0 Å². The number of amides is 1. The normalized spacial score (nSPS) is 15.0. The first-order valence-electron chi connectivity index (χ1n) is 10.4. The molecule has 3 nitrogen and oxygen atoms in total. The van der Waals surface area contributed by atoms with E-state index in [4.69, 9.17) is 11.6 Å². The van der Waals surface area contributed by atoms with E-state index in [1.54, 1.807) is 41.3 Å². The zero-order chi connectivity index (χ0) is 22.7. The zero-order valence-corrected chi connectivity index (χ0v) is 18.0. The number of piperidine rings is 1. The van der Waals surface area contributed by atoms with Crippen molar-refractivity contribution < 1.29 is 18.0 Å². The van der Waals surface area contributed by atoms with E-state index in [1.807, 2.05) is 0 Å². The third-order valence-electron chi connectivity index (χ3n) is 5.73. The standard InChI is InChI=1S/C25H22ClF3N2O/c26-19-3-1-2-17(14-19)25(32)31(22-8-6-20(27)7-9-22)23-10-12-30(13-11-23)16-18-4-5-21(28)15-24(18)29/h1-9,14-15,23H,10-13,16H2. The van der Waals surface area contributed by atoms with Crippen molar-refractivity contribution in [2.75, 3.05) is 18.0 Å². The topological polar surface area (TPSA) is 23.6 Å². The van der Waals surface area contributed by atoms with Crippen LogP contribution in [0.2, 0.25) is 5.02 Å². The summed E-state index contributed by atoms with van der Waals surface area (Å²) >= 11 is 6.08. The van der Waals surface area contributed by atoms with Crippen molar-refractivity contribution in [3.8, 4) is 0 Å². The Balaban J connectivity index is 1.52. The van der Waals surface area contributed by atoms with Gasteiger partial charge in [0.1, 0.15) is 17.5 Å². The van der Waals surface area contributed by atoms with Gasteiger partial charge in [0, 0.05) is 53.6 Å². The molecule has 0 aromatic heterocycles. The summed E-state index contributed by atoms with van der Waals surface area (Å²) in [6.07, 6.45) is 1.32.